The molecule has 3 N–H and O–H groups in total. The molecule has 21 heavy (non-hydrogen) atoms. The fourth-order valence-electron chi connectivity index (χ4n) is 1.92. The molecular weight excluding hydrogens is 298 g/mol. The first-order valence-corrected chi connectivity index (χ1v) is 6.61. The summed E-state index contributed by atoms with van der Waals surface area (Å²) in [6, 6.07) is 7.79. The van der Waals surface area contributed by atoms with Gasteiger partial charge in [-0.3, -0.25) is 4.79 Å². The van der Waals surface area contributed by atoms with Crippen molar-refractivity contribution in [2.75, 3.05) is 12.3 Å². The SMILES string of the molecule is Nc1cc(Cl)cc(C(=O)NCCc2cc(F)cc(F)c2)c1. The summed E-state index contributed by atoms with van der Waals surface area (Å²) in [5.74, 6) is -1.63. The molecule has 2 aromatic carbocycles. The van der Waals surface area contributed by atoms with Gasteiger partial charge in [-0.25, -0.2) is 8.78 Å². The van der Waals surface area contributed by atoms with Gasteiger partial charge in [0.1, 0.15) is 11.6 Å². The van der Waals surface area contributed by atoms with Gasteiger partial charge in [-0.05, 0) is 42.3 Å². The molecule has 0 unspecified atom stereocenters. The molecule has 3 nitrogen and oxygen atoms in total. The molecule has 0 fully saturated rings. The Balaban J connectivity index is 1.95. The van der Waals surface area contributed by atoms with Crippen molar-refractivity contribution in [2.45, 2.75) is 6.42 Å². The number of hydrogen-bond acceptors (Lipinski definition) is 2. The highest BCUT2D eigenvalue weighted by atomic mass is 35.5. The number of nitrogen functional groups attached to an aromatic ring is 1. The maximum Gasteiger partial charge on any atom is 0.251 e. The van der Waals surface area contributed by atoms with Crippen molar-refractivity contribution < 1.29 is 13.6 Å². The van der Waals surface area contributed by atoms with Gasteiger partial charge in [-0.15, -0.1) is 0 Å². The molecule has 110 valence electrons. The predicted molar refractivity (Wildman–Crippen MR) is 78.3 cm³/mol. The largest absolute Gasteiger partial charge is 0.399 e. The van der Waals surface area contributed by atoms with Crippen LogP contribution in [0, 0.1) is 11.6 Å². The molecule has 0 aliphatic carbocycles. The third-order valence-corrected chi connectivity index (χ3v) is 3.02. The molecule has 1 amide bonds. The zero-order chi connectivity index (χ0) is 15.4. The third kappa shape index (κ3) is 4.43. The number of benzene rings is 2. The van der Waals surface area contributed by atoms with E-state index in [0.717, 1.165) is 6.07 Å². The number of halogens is 3. The molecule has 0 aromatic heterocycles. The second-order valence-electron chi connectivity index (χ2n) is 4.56. The van der Waals surface area contributed by atoms with Crippen LogP contribution in [0.3, 0.4) is 0 Å². The van der Waals surface area contributed by atoms with Gasteiger partial charge in [0.05, 0.1) is 0 Å². The van der Waals surface area contributed by atoms with Crippen LogP contribution in [0.15, 0.2) is 36.4 Å². The lowest BCUT2D eigenvalue weighted by molar-refractivity contribution is 0.0954. The quantitative estimate of drug-likeness (QED) is 0.852. The Bertz CT molecular complexity index is 636. The summed E-state index contributed by atoms with van der Waals surface area (Å²) in [6.07, 6.45) is 0.316. The van der Waals surface area contributed by atoms with E-state index < -0.39 is 11.6 Å². The first-order chi connectivity index (χ1) is 9.94. The molecule has 0 aliphatic rings. The summed E-state index contributed by atoms with van der Waals surface area (Å²) in [6.45, 7) is 0.244. The molecule has 0 bridgehead atoms. The standard InChI is InChI=1S/C15H13ClF2N2O/c16-11-5-10(6-14(19)7-11)15(21)20-2-1-9-3-12(17)8-13(18)4-9/h3-8H,1-2,19H2,(H,20,21). The van der Waals surface area contributed by atoms with Gasteiger partial charge >= 0.3 is 0 Å². The number of hydrogen-bond donors (Lipinski definition) is 2. The van der Waals surface area contributed by atoms with Gasteiger partial charge in [0, 0.05) is 28.9 Å². The van der Waals surface area contributed by atoms with Gasteiger partial charge in [0.15, 0.2) is 0 Å². The monoisotopic (exact) mass is 310 g/mol. The Labute approximate surface area is 125 Å². The molecule has 2 aromatic rings. The van der Waals surface area contributed by atoms with Crippen molar-refractivity contribution in [3.05, 3.63) is 64.2 Å². The van der Waals surface area contributed by atoms with Crippen LogP contribution in [-0.4, -0.2) is 12.5 Å². The molecule has 6 heteroatoms. The van der Waals surface area contributed by atoms with Crippen LogP contribution >= 0.6 is 11.6 Å². The zero-order valence-electron chi connectivity index (χ0n) is 11.0. The first kappa shape index (κ1) is 15.3. The van der Waals surface area contributed by atoms with Crippen LogP contribution in [0.1, 0.15) is 15.9 Å². The second kappa shape index (κ2) is 6.54. The minimum atomic E-state index is -0.640. The molecule has 0 aliphatic heterocycles. The number of nitrogens with one attached hydrogen (secondary N) is 1. The Morgan fingerprint density at radius 2 is 1.76 bits per heavy atom. The Hall–Kier alpha value is -2.14. The van der Waals surface area contributed by atoms with E-state index in [4.69, 9.17) is 17.3 Å². The molecule has 2 rings (SSSR count). The van der Waals surface area contributed by atoms with Gasteiger partial charge in [0.25, 0.3) is 5.91 Å². The Kier molecular flexibility index (Phi) is 4.75. The summed E-state index contributed by atoms with van der Waals surface area (Å²) in [5.41, 5.74) is 6.80. The maximum absolute atomic E-state index is 13.0. The summed E-state index contributed by atoms with van der Waals surface area (Å²) in [4.78, 5) is 11.9. The predicted octanol–water partition coefficient (Wildman–Crippen LogP) is 3.17. The highest BCUT2D eigenvalue weighted by Crippen LogP contribution is 2.16. The Morgan fingerprint density at radius 3 is 2.38 bits per heavy atom. The average molecular weight is 311 g/mol. The lowest BCUT2D eigenvalue weighted by Gasteiger charge is -2.07. The van der Waals surface area contributed by atoms with Crippen molar-refractivity contribution in [3.63, 3.8) is 0 Å². The highest BCUT2D eigenvalue weighted by Gasteiger charge is 2.07. The number of anilines is 1. The van der Waals surface area contributed by atoms with Gasteiger partial charge in [-0.1, -0.05) is 11.6 Å². The van der Waals surface area contributed by atoms with Crippen LogP contribution in [0.4, 0.5) is 14.5 Å². The van der Waals surface area contributed by atoms with E-state index in [-0.39, 0.29) is 12.5 Å². The molecule has 0 heterocycles. The van der Waals surface area contributed by atoms with Gasteiger partial charge in [0.2, 0.25) is 0 Å². The molecule has 0 saturated carbocycles. The lowest BCUT2D eigenvalue weighted by atomic mass is 10.1. The van der Waals surface area contributed by atoms with Crippen LogP contribution in [-0.2, 0) is 6.42 Å². The minimum absolute atomic E-state index is 0.244. The fourth-order valence-corrected chi connectivity index (χ4v) is 2.16. The van der Waals surface area contributed by atoms with E-state index in [1.807, 2.05) is 0 Å². The van der Waals surface area contributed by atoms with E-state index in [2.05, 4.69) is 5.32 Å². The minimum Gasteiger partial charge on any atom is -0.399 e. The summed E-state index contributed by atoms with van der Waals surface area (Å²) in [5, 5.41) is 3.01. The number of amides is 1. The van der Waals surface area contributed by atoms with Crippen LogP contribution in [0.5, 0.6) is 0 Å². The number of carbonyl (C=O) groups is 1. The van der Waals surface area contributed by atoms with E-state index in [9.17, 15) is 13.6 Å². The number of nitrogens with two attached hydrogens (primary N) is 1. The van der Waals surface area contributed by atoms with Crippen LogP contribution < -0.4 is 11.1 Å². The third-order valence-electron chi connectivity index (χ3n) is 2.80. The molecule has 0 radical (unpaired) electrons. The number of rotatable bonds is 4. The topological polar surface area (TPSA) is 55.1 Å². The molecule has 0 atom stereocenters. The van der Waals surface area contributed by atoms with E-state index in [0.29, 0.717) is 28.3 Å². The van der Waals surface area contributed by atoms with E-state index in [1.54, 1.807) is 0 Å². The molecular formula is C15H13ClF2N2O. The van der Waals surface area contributed by atoms with Crippen molar-refractivity contribution in [3.8, 4) is 0 Å². The molecule has 0 saturated heterocycles. The van der Waals surface area contributed by atoms with E-state index >= 15 is 0 Å². The lowest BCUT2D eigenvalue weighted by Crippen LogP contribution is -2.25. The van der Waals surface area contributed by atoms with Crippen molar-refractivity contribution >= 4 is 23.2 Å². The summed E-state index contributed by atoms with van der Waals surface area (Å²) >= 11 is 5.82. The van der Waals surface area contributed by atoms with Crippen LogP contribution in [0.2, 0.25) is 5.02 Å². The average Bonchev–Trinajstić information content (AvgIpc) is 2.36. The maximum atomic E-state index is 13.0. The first-order valence-electron chi connectivity index (χ1n) is 6.23. The van der Waals surface area contributed by atoms with Crippen molar-refractivity contribution in [2.24, 2.45) is 0 Å². The summed E-state index contributed by atoms with van der Waals surface area (Å²) < 4.78 is 26.0. The fraction of sp³-hybridized carbons (Fsp3) is 0.133. The van der Waals surface area contributed by atoms with Crippen molar-refractivity contribution in [1.29, 1.82) is 0 Å². The Morgan fingerprint density at radius 1 is 1.10 bits per heavy atom. The smallest absolute Gasteiger partial charge is 0.251 e. The van der Waals surface area contributed by atoms with Gasteiger partial charge < -0.3 is 11.1 Å². The van der Waals surface area contributed by atoms with Crippen LogP contribution in [0.25, 0.3) is 0 Å². The van der Waals surface area contributed by atoms with E-state index in [1.165, 1.54) is 30.3 Å². The van der Waals surface area contributed by atoms with Gasteiger partial charge in [-0.2, -0.15) is 0 Å². The highest BCUT2D eigenvalue weighted by molar-refractivity contribution is 6.31. The summed E-state index contributed by atoms with van der Waals surface area (Å²) in [7, 11) is 0. The second-order valence-corrected chi connectivity index (χ2v) is 4.99. The normalized spacial score (nSPS) is 10.4. The number of carbonyl (C=O) groups excluding carboxylic acids is 1. The molecule has 0 spiro atoms. The van der Waals surface area contributed by atoms with Crippen molar-refractivity contribution in [1.82, 2.24) is 5.32 Å². The zero-order valence-corrected chi connectivity index (χ0v) is 11.8.